The number of aryl methyl sites for hydroxylation is 1. The number of piperidine rings is 3. The number of nitrogens with zero attached hydrogens (tertiary/aromatic N) is 8. The predicted molar refractivity (Wildman–Crippen MR) is 225 cm³/mol. The number of ether oxygens (including phenoxy) is 1. The third-order valence-corrected chi connectivity index (χ3v) is 13.0. The molecule has 0 spiro atoms. The maximum Gasteiger partial charge on any atom is 0.329 e. The van der Waals surface area contributed by atoms with Crippen LogP contribution in [-0.4, -0.2) is 100.0 Å². The minimum absolute atomic E-state index is 0.145. The first-order valence-electron chi connectivity index (χ1n) is 21.2. The van der Waals surface area contributed by atoms with Gasteiger partial charge in [0.15, 0.2) is 17.2 Å². The lowest BCUT2D eigenvalue weighted by atomic mass is 9.97. The normalized spacial score (nSPS) is 21.4. The fourth-order valence-corrected chi connectivity index (χ4v) is 9.56. The Hall–Kier alpha value is -5.90. The number of imide groups is 1. The summed E-state index contributed by atoms with van der Waals surface area (Å²) in [5.41, 5.74) is 7.90. The van der Waals surface area contributed by atoms with Crippen molar-refractivity contribution in [2.45, 2.75) is 76.0 Å². The smallest absolute Gasteiger partial charge is 0.329 e. The molecule has 3 aromatic heterocycles. The van der Waals surface area contributed by atoms with E-state index in [1.165, 1.54) is 15.8 Å². The van der Waals surface area contributed by atoms with Crippen LogP contribution in [0.1, 0.15) is 73.5 Å². The Morgan fingerprint density at radius 1 is 0.915 bits per heavy atom. The average Bonchev–Trinajstić information content (AvgIpc) is 3.69. The van der Waals surface area contributed by atoms with Crippen LogP contribution in [0.2, 0.25) is 0 Å². The second kappa shape index (κ2) is 15.0. The van der Waals surface area contributed by atoms with Gasteiger partial charge in [-0.1, -0.05) is 6.07 Å². The summed E-state index contributed by atoms with van der Waals surface area (Å²) in [7, 11) is 3.61. The number of hydrogen-bond donors (Lipinski definition) is 3. The van der Waals surface area contributed by atoms with E-state index >= 15 is 0 Å². The molecule has 4 fully saturated rings. The molecular weight excluding hydrogens is 751 g/mol. The summed E-state index contributed by atoms with van der Waals surface area (Å²) in [4.78, 5) is 62.4. The van der Waals surface area contributed by atoms with Gasteiger partial charge in [-0.25, -0.2) is 14.3 Å². The van der Waals surface area contributed by atoms with Crippen LogP contribution in [0.3, 0.4) is 0 Å². The number of rotatable bonds is 10. The second-order valence-corrected chi connectivity index (χ2v) is 16.8. The Kier molecular flexibility index (Phi) is 9.53. The molecule has 0 bridgehead atoms. The number of nitrogens with one attached hydrogen (secondary N) is 3. The molecule has 1 unspecified atom stereocenters. The highest BCUT2D eigenvalue weighted by atomic mass is 16.5. The van der Waals surface area contributed by atoms with Crippen molar-refractivity contribution in [3.63, 3.8) is 0 Å². The number of anilines is 5. The highest BCUT2D eigenvalue weighted by molar-refractivity contribution is 6.00. The zero-order valence-electron chi connectivity index (χ0n) is 33.7. The standard InChI is InChI=1S/C43H51N11O5/c1-44-31-22-38(48-54-37(23-45-40(31)54)42(57)46-27-8-9-27)52-20-16-30-32(6-3-7-33(30)52)51-17-4-5-29(24-51)59-25-26-14-18-50(19-15-26)28-10-11-34-36(21-28)49(2)43(58)53(34)35-12-13-39(55)47-41(35)56/h3,6-7,10-11,21-23,26-27,29,35,44H,4-5,8-9,12-20,24-25H2,1-2H3,(H,46,57)(H,47,55,56)/t29-,35?/m1/s1. The third kappa shape index (κ3) is 6.86. The van der Waals surface area contributed by atoms with Crippen LogP contribution in [0.15, 0.2) is 53.5 Å². The molecule has 308 valence electrons. The molecule has 10 rings (SSSR count). The van der Waals surface area contributed by atoms with Gasteiger partial charge < -0.3 is 30.1 Å². The van der Waals surface area contributed by atoms with Crippen molar-refractivity contribution in [2.24, 2.45) is 13.0 Å². The SMILES string of the molecule is CNc1cc(N2CCc3c(N4CCC[C@@H](OCC5CCN(c6ccc7c(c6)n(C)c(=O)n7C6CCC(=O)NC6=O)CC5)C4)cccc32)nn2c(C(=O)NC3CC3)cnc12. The first-order valence-corrected chi connectivity index (χ1v) is 21.2. The van der Waals surface area contributed by atoms with Crippen LogP contribution in [0.25, 0.3) is 16.7 Å². The van der Waals surface area contributed by atoms with Crippen LogP contribution in [0.4, 0.5) is 28.6 Å². The van der Waals surface area contributed by atoms with E-state index in [2.05, 4.69) is 53.8 Å². The van der Waals surface area contributed by atoms with E-state index in [0.717, 1.165) is 113 Å². The van der Waals surface area contributed by atoms with Gasteiger partial charge in [-0.3, -0.25) is 28.8 Å². The molecular formula is C43H51N11O5. The van der Waals surface area contributed by atoms with Gasteiger partial charge >= 0.3 is 5.69 Å². The summed E-state index contributed by atoms with van der Waals surface area (Å²) in [6, 6.07) is 14.1. The quantitative estimate of drug-likeness (QED) is 0.176. The zero-order valence-corrected chi connectivity index (χ0v) is 33.7. The average molecular weight is 802 g/mol. The number of benzene rings is 2. The van der Waals surface area contributed by atoms with Crippen LogP contribution < -0.4 is 36.3 Å². The number of carbonyl (C=O) groups is 3. The van der Waals surface area contributed by atoms with Crippen molar-refractivity contribution in [2.75, 3.05) is 66.4 Å². The molecule has 4 aliphatic heterocycles. The molecule has 1 saturated carbocycles. The molecule has 1 aliphatic carbocycles. The zero-order chi connectivity index (χ0) is 40.4. The monoisotopic (exact) mass is 801 g/mol. The molecule has 7 heterocycles. The van der Waals surface area contributed by atoms with E-state index in [0.29, 0.717) is 29.2 Å². The van der Waals surface area contributed by atoms with Crippen LogP contribution in [0, 0.1) is 5.92 Å². The molecule has 3 amide bonds. The molecule has 16 nitrogen and oxygen atoms in total. The van der Waals surface area contributed by atoms with Crippen molar-refractivity contribution in [1.29, 1.82) is 0 Å². The molecule has 3 saturated heterocycles. The van der Waals surface area contributed by atoms with Crippen molar-refractivity contribution >= 4 is 63.0 Å². The molecule has 5 aromatic rings. The number of carbonyl (C=O) groups excluding carboxylic acids is 3. The predicted octanol–water partition coefficient (Wildman–Crippen LogP) is 3.89. The van der Waals surface area contributed by atoms with Gasteiger partial charge in [0.1, 0.15) is 6.04 Å². The van der Waals surface area contributed by atoms with Crippen molar-refractivity contribution in [3.8, 4) is 0 Å². The number of fused-ring (bicyclic) bond motifs is 3. The van der Waals surface area contributed by atoms with Crippen molar-refractivity contribution < 1.29 is 19.1 Å². The van der Waals surface area contributed by atoms with E-state index in [9.17, 15) is 19.2 Å². The van der Waals surface area contributed by atoms with E-state index in [1.807, 2.05) is 31.3 Å². The summed E-state index contributed by atoms with van der Waals surface area (Å²) in [5, 5.41) is 13.7. The van der Waals surface area contributed by atoms with Crippen molar-refractivity contribution in [3.05, 3.63) is 70.4 Å². The van der Waals surface area contributed by atoms with E-state index in [1.54, 1.807) is 22.3 Å². The Bertz CT molecular complexity index is 2530. The first kappa shape index (κ1) is 37.4. The second-order valence-electron chi connectivity index (χ2n) is 16.8. The first-order chi connectivity index (χ1) is 28.7. The van der Waals surface area contributed by atoms with Crippen LogP contribution >= 0.6 is 0 Å². The number of aromatic nitrogens is 5. The lowest BCUT2D eigenvalue weighted by Crippen LogP contribution is -2.44. The lowest BCUT2D eigenvalue weighted by molar-refractivity contribution is -0.135. The Labute approximate surface area is 341 Å². The molecule has 3 N–H and O–H groups in total. The number of amides is 3. The summed E-state index contributed by atoms with van der Waals surface area (Å²) < 4.78 is 11.5. The molecule has 2 atom stereocenters. The Morgan fingerprint density at radius 2 is 1.75 bits per heavy atom. The molecule has 0 radical (unpaired) electrons. The van der Waals surface area contributed by atoms with Gasteiger partial charge in [-0.2, -0.15) is 0 Å². The van der Waals surface area contributed by atoms with Gasteiger partial charge in [0.2, 0.25) is 11.8 Å². The fraction of sp³-hybridized carbons (Fsp3) is 0.488. The Balaban J connectivity index is 0.776. The number of imidazole rings is 2. The van der Waals surface area contributed by atoms with Crippen LogP contribution in [-0.2, 0) is 27.8 Å². The van der Waals surface area contributed by atoms with Crippen LogP contribution in [0.5, 0.6) is 0 Å². The lowest BCUT2D eigenvalue weighted by Gasteiger charge is -2.37. The third-order valence-electron chi connectivity index (χ3n) is 13.0. The highest BCUT2D eigenvalue weighted by Crippen LogP contribution is 2.41. The summed E-state index contributed by atoms with van der Waals surface area (Å²) in [5.74, 6) is 0.385. The van der Waals surface area contributed by atoms with E-state index in [-0.39, 0.29) is 36.1 Å². The highest BCUT2D eigenvalue weighted by Gasteiger charge is 2.33. The molecule has 5 aliphatic rings. The molecule has 16 heteroatoms. The summed E-state index contributed by atoms with van der Waals surface area (Å²) >= 11 is 0. The van der Waals surface area contributed by atoms with E-state index < -0.39 is 11.9 Å². The van der Waals surface area contributed by atoms with Gasteiger partial charge in [-0.05, 0) is 87.6 Å². The minimum Gasteiger partial charge on any atom is -0.385 e. The van der Waals surface area contributed by atoms with Gasteiger partial charge in [-0.15, -0.1) is 5.10 Å². The maximum absolute atomic E-state index is 13.3. The fourth-order valence-electron chi connectivity index (χ4n) is 9.56. The minimum atomic E-state index is -0.692. The topological polar surface area (TPSA) is 163 Å². The van der Waals surface area contributed by atoms with Gasteiger partial charge in [0.25, 0.3) is 5.91 Å². The summed E-state index contributed by atoms with van der Waals surface area (Å²) in [6.45, 7) is 5.18. The van der Waals surface area contributed by atoms with E-state index in [4.69, 9.17) is 9.84 Å². The number of hydrogen-bond acceptors (Lipinski definition) is 11. The largest absolute Gasteiger partial charge is 0.385 e. The molecule has 59 heavy (non-hydrogen) atoms. The Morgan fingerprint density at radius 3 is 2.54 bits per heavy atom. The van der Waals surface area contributed by atoms with Crippen molar-refractivity contribution in [1.82, 2.24) is 34.4 Å². The summed E-state index contributed by atoms with van der Waals surface area (Å²) in [6.07, 6.45) is 9.40. The maximum atomic E-state index is 13.3. The van der Waals surface area contributed by atoms with Gasteiger partial charge in [0, 0.05) is 94.6 Å². The van der Waals surface area contributed by atoms with Gasteiger partial charge in [0.05, 0.1) is 29.0 Å². The molecule has 2 aromatic carbocycles.